The van der Waals surface area contributed by atoms with Gasteiger partial charge in [0.15, 0.2) is 0 Å². The predicted octanol–water partition coefficient (Wildman–Crippen LogP) is 1.14. The molecule has 4 aromatic carbocycles. The maximum Gasteiger partial charge on any atom is 1.00 e. The summed E-state index contributed by atoms with van der Waals surface area (Å²) in [5, 5.41) is 30.4. The molecule has 0 radical (unpaired) electrons. The van der Waals surface area contributed by atoms with Crippen molar-refractivity contribution in [3.8, 4) is 11.5 Å². The molecule has 0 aliphatic carbocycles. The Labute approximate surface area is 437 Å². The number of hydrogen-bond donors (Lipinski definition) is 1. The van der Waals surface area contributed by atoms with E-state index < -0.39 is 28.5 Å². The van der Waals surface area contributed by atoms with Crippen LogP contribution in [0.25, 0.3) is 0 Å². The van der Waals surface area contributed by atoms with Crippen molar-refractivity contribution in [3.05, 3.63) is 138 Å². The summed E-state index contributed by atoms with van der Waals surface area (Å²) >= 11 is 3.19. The molecule has 0 saturated heterocycles. The van der Waals surface area contributed by atoms with Gasteiger partial charge in [0, 0.05) is 54.8 Å². The summed E-state index contributed by atoms with van der Waals surface area (Å²) in [6.45, 7) is 3.78. The number of hydrogen-bond acceptors (Lipinski definition) is 13. The maximum absolute atomic E-state index is 12.5. The number of esters is 1. The third-order valence-electron chi connectivity index (χ3n) is 7.58. The van der Waals surface area contributed by atoms with Gasteiger partial charge < -0.3 is 36.4 Å². The van der Waals surface area contributed by atoms with Crippen molar-refractivity contribution in [1.29, 1.82) is 0 Å². The molecule has 1 amide bonds. The van der Waals surface area contributed by atoms with Gasteiger partial charge in [-0.15, -0.1) is 26.3 Å². The Hall–Kier alpha value is -3.06. The van der Waals surface area contributed by atoms with Gasteiger partial charge in [-0.05, 0) is 71.5 Å². The minimum Gasteiger partial charge on any atom is -1.00 e. The second-order valence-corrected chi connectivity index (χ2v) is 12.2. The number of nitrogens with zero attached hydrogens (tertiary/aromatic N) is 3. The molecule has 25 heteroatoms. The van der Waals surface area contributed by atoms with E-state index in [2.05, 4.69) is 35.0 Å². The van der Waals surface area contributed by atoms with Crippen LogP contribution < -0.4 is 123 Å². The number of benzene rings is 4. The topological polar surface area (TPSA) is 227 Å². The smallest absolute Gasteiger partial charge is 1.00 e. The van der Waals surface area contributed by atoms with E-state index in [-0.39, 0.29) is 153 Å². The van der Waals surface area contributed by atoms with E-state index in [0.29, 0.717) is 50.8 Å². The normalized spacial score (nSPS) is 11.2. The molecule has 0 spiro atoms. The van der Waals surface area contributed by atoms with Gasteiger partial charge in [0.1, 0.15) is 11.5 Å². The second kappa shape index (κ2) is 27.2. The molecule has 0 atom stereocenters. The van der Waals surface area contributed by atoms with Crippen LogP contribution in [0.2, 0.25) is 0 Å². The zero-order chi connectivity index (χ0) is 44.7. The minimum absolute atomic E-state index is 0. The fraction of sp³-hybridized carbons (Fsp3) is 0.250. The van der Waals surface area contributed by atoms with Crippen molar-refractivity contribution >= 4 is 45.7 Å². The number of ether oxygens (including phenoxy) is 3. The molecule has 1 heterocycles. The minimum atomic E-state index is -4.76. The standard InChI is InChI=1S/C17H13F3N2O4.C10H10BrNO4.C8H8F3NO.CH2O3.2K.H/c1-10-6-13(22(24)25)7-12-9-21(16(23)15(10)12)8-11-2-4-14(5-3-11)26-17(18,19)20;1-6-3-8(12(14)15)4-7(5-11)9(6)10(13)16-2;9-8(10,11)13-7-3-1-6(5-12)2-4-7;2-1-4-3;;;/h2-7H,8-9H2,1H3;3-4H,5H2,1-2H3;1-4H,5,12H2;1,3H;;;/q;;;;2*+1;-1/p-1. The molecule has 0 fully saturated rings. The molecule has 0 saturated carbocycles. The number of carbonyl (C=O) groups excluding carboxylic acids is 3. The van der Waals surface area contributed by atoms with Gasteiger partial charge in [0.05, 0.1) is 22.5 Å². The number of nitro benzene ring substituents is 2. The van der Waals surface area contributed by atoms with Crippen LogP contribution in [0, 0.1) is 34.1 Å². The summed E-state index contributed by atoms with van der Waals surface area (Å²) in [7, 11) is 1.28. The third-order valence-corrected chi connectivity index (χ3v) is 8.19. The van der Waals surface area contributed by atoms with Crippen LogP contribution in [0.4, 0.5) is 37.7 Å². The maximum atomic E-state index is 12.5. The number of amides is 1. The average molecular weight is 986 g/mol. The molecular formula is C36H33BrF6K2N4O12. The molecule has 0 aromatic heterocycles. The SMILES string of the molecule is COC(=O)c1c(C)cc([N+](=O)[O-])cc1CBr.Cc1cc([N+](=O)[O-])cc2c1C(=O)N(Cc1ccc(OC(F)(F)F)cc1)C2.NCc1ccc(OC(F)(F)F)cc1.O=CO[O-].[H-].[K+].[K+]. The van der Waals surface area contributed by atoms with Crippen LogP contribution in [-0.2, 0) is 39.4 Å². The van der Waals surface area contributed by atoms with Gasteiger partial charge in [-0.3, -0.25) is 29.8 Å². The first-order valence-electron chi connectivity index (χ1n) is 16.2. The Morgan fingerprint density at radius 2 is 1.30 bits per heavy atom. The summed E-state index contributed by atoms with van der Waals surface area (Å²) in [4.78, 5) is 57.4. The summed E-state index contributed by atoms with van der Waals surface area (Å²) in [6, 6.07) is 16.1. The third kappa shape index (κ3) is 19.5. The second-order valence-electron chi connectivity index (χ2n) is 11.7. The summed E-state index contributed by atoms with van der Waals surface area (Å²) in [5.74, 6) is -1.32. The van der Waals surface area contributed by atoms with Crippen molar-refractivity contribution in [2.24, 2.45) is 5.73 Å². The van der Waals surface area contributed by atoms with Crippen molar-refractivity contribution in [2.75, 3.05) is 7.11 Å². The van der Waals surface area contributed by atoms with E-state index in [1.165, 1.54) is 84.8 Å². The summed E-state index contributed by atoms with van der Waals surface area (Å²) in [6.07, 6.45) is -9.40. The molecular weight excluding hydrogens is 953 g/mol. The van der Waals surface area contributed by atoms with Gasteiger partial charge in [0.2, 0.25) is 0 Å². The number of aryl methyl sites for hydroxylation is 2. The van der Waals surface area contributed by atoms with Crippen LogP contribution in [0.15, 0.2) is 72.8 Å². The molecule has 1 aliphatic heterocycles. The largest absolute Gasteiger partial charge is 1.00 e. The first kappa shape index (κ1) is 57.9. The summed E-state index contributed by atoms with van der Waals surface area (Å²) in [5.41, 5.74) is 9.53. The van der Waals surface area contributed by atoms with Crippen LogP contribution >= 0.6 is 15.9 Å². The van der Waals surface area contributed by atoms with Gasteiger partial charge in [-0.1, -0.05) is 40.2 Å². The first-order chi connectivity index (χ1) is 27.6. The molecule has 2 N–H and O–H groups in total. The van der Waals surface area contributed by atoms with Gasteiger partial charge in [0.25, 0.3) is 23.8 Å². The quantitative estimate of drug-likeness (QED) is 0.0344. The van der Waals surface area contributed by atoms with Crippen LogP contribution in [-0.4, -0.2) is 52.9 Å². The Kier molecular flexibility index (Phi) is 25.8. The Balaban J connectivity index is 0. The van der Waals surface area contributed by atoms with E-state index in [1.54, 1.807) is 13.8 Å². The van der Waals surface area contributed by atoms with E-state index in [1.807, 2.05) is 0 Å². The van der Waals surface area contributed by atoms with E-state index in [0.717, 1.165) is 5.56 Å². The van der Waals surface area contributed by atoms with Gasteiger partial charge in [-0.25, -0.2) is 4.79 Å². The van der Waals surface area contributed by atoms with Crippen molar-refractivity contribution in [1.82, 2.24) is 4.90 Å². The molecule has 61 heavy (non-hydrogen) atoms. The number of non-ortho nitro benzene ring substituents is 2. The van der Waals surface area contributed by atoms with Gasteiger partial charge in [-0.2, -0.15) is 0 Å². The fourth-order valence-corrected chi connectivity index (χ4v) is 5.67. The molecule has 320 valence electrons. The predicted molar refractivity (Wildman–Crippen MR) is 196 cm³/mol. The monoisotopic (exact) mass is 984 g/mol. The molecule has 16 nitrogen and oxygen atoms in total. The Bertz CT molecular complexity index is 2120. The first-order valence-corrected chi connectivity index (χ1v) is 17.3. The number of methoxy groups -OCH3 is 1. The van der Waals surface area contributed by atoms with Crippen LogP contribution in [0.1, 0.15) is 55.5 Å². The number of nitro groups is 2. The number of fused-ring (bicyclic) bond motifs is 1. The Morgan fingerprint density at radius 3 is 1.69 bits per heavy atom. The van der Waals surface area contributed by atoms with E-state index >= 15 is 0 Å². The number of rotatable bonds is 10. The zero-order valence-electron chi connectivity index (χ0n) is 33.8. The summed E-state index contributed by atoms with van der Waals surface area (Å²) < 4.78 is 83.7. The molecule has 0 unspecified atom stereocenters. The van der Waals surface area contributed by atoms with Crippen molar-refractivity contribution in [2.45, 2.75) is 51.5 Å². The molecule has 0 bridgehead atoms. The van der Waals surface area contributed by atoms with Crippen molar-refractivity contribution < 1.29 is 179 Å². The molecule has 1 aliphatic rings. The molecule has 5 rings (SSSR count). The number of alkyl halides is 7. The average Bonchev–Trinajstić information content (AvgIpc) is 3.49. The van der Waals surface area contributed by atoms with E-state index in [9.17, 15) is 56.2 Å². The number of halogens is 7. The van der Waals surface area contributed by atoms with Crippen LogP contribution in [0.3, 0.4) is 0 Å². The van der Waals surface area contributed by atoms with Crippen LogP contribution in [0.5, 0.6) is 11.5 Å². The number of nitrogens with two attached hydrogens (primary N) is 1. The Morgan fingerprint density at radius 1 is 0.852 bits per heavy atom. The van der Waals surface area contributed by atoms with Crippen molar-refractivity contribution in [3.63, 3.8) is 0 Å². The van der Waals surface area contributed by atoms with Gasteiger partial charge >= 0.3 is 121 Å². The molecule has 4 aromatic rings. The van der Waals surface area contributed by atoms with E-state index in [4.69, 9.17) is 15.8 Å². The fourth-order valence-electron chi connectivity index (χ4n) is 5.23. The zero-order valence-corrected chi connectivity index (χ0v) is 40.6. The number of carbonyl (C=O) groups is 3.